The highest BCUT2D eigenvalue weighted by molar-refractivity contribution is 7.92. The molecule has 0 unspecified atom stereocenters. The molecular weight excluding hydrogens is 617 g/mol. The molecule has 3 atom stereocenters. The first-order chi connectivity index (χ1) is 21.3. The molecule has 0 aliphatic rings. The molecule has 0 aliphatic carbocycles. The quantitative estimate of drug-likeness (QED) is 0.162. The van der Waals surface area contributed by atoms with Gasteiger partial charge in [0.25, 0.3) is 5.91 Å². The third-order valence-electron chi connectivity index (χ3n) is 9.15. The fraction of sp³-hybridized carbons (Fsp3) is 0.500. The number of benzene rings is 3. The molecule has 0 radical (unpaired) electrons. The molecule has 2 N–H and O–H groups in total. The maximum absolute atomic E-state index is 13.7. The van der Waals surface area contributed by atoms with Crippen LogP contribution in [0.5, 0.6) is 0 Å². The fourth-order valence-corrected chi connectivity index (χ4v) is 7.81. The summed E-state index contributed by atoms with van der Waals surface area (Å²) in [5, 5.41) is 14.9. The lowest BCUT2D eigenvalue weighted by molar-refractivity contribution is -0.142. The Balaban J connectivity index is 1.84. The summed E-state index contributed by atoms with van der Waals surface area (Å²) >= 11 is 0. The number of aryl methyl sites for hydroxylation is 1. The maximum atomic E-state index is 13.7. The number of anilines is 1. The lowest BCUT2D eigenvalue weighted by Crippen LogP contribution is -2.53. The van der Waals surface area contributed by atoms with Crippen LogP contribution in [-0.2, 0) is 25.7 Å². The van der Waals surface area contributed by atoms with Crippen molar-refractivity contribution in [3.63, 3.8) is 0 Å². The number of nitrogens with zero attached hydrogens (tertiary/aromatic N) is 1. The molecule has 0 bridgehead atoms. The average molecular weight is 669 g/mol. The first-order valence-corrected chi connectivity index (χ1v) is 20.6. The minimum Gasteiger partial charge on any atom is -0.481 e. The Morgan fingerprint density at radius 3 is 2.22 bits per heavy atom. The van der Waals surface area contributed by atoms with Gasteiger partial charge in [-0.2, -0.15) is 0 Å². The molecule has 0 aliphatic heterocycles. The molecule has 0 spiro atoms. The number of hydrogen-bond donors (Lipinski definition) is 2. The highest BCUT2D eigenvalue weighted by Gasteiger charge is 2.42. The normalized spacial score (nSPS) is 14.6. The monoisotopic (exact) mass is 668 g/mol. The number of carboxylic acids is 1. The standard InChI is InChI=1S/C36H52N2O6SSi/c1-25(2)22-32(33(23-26(3)35(40)41)44-46(8,9)36(4,5)6)37-34(39)29-17-13-18-30(24-29)38(7)45(42,43)21-20-28-16-12-15-27-14-10-11-19-31(27)28/h10-19,24-26,32-33H,20-23H2,1-9H3,(H,37,39)(H,40,41)/t26-,32+,33+/m1/s1. The van der Waals surface area contributed by atoms with Crippen LogP contribution >= 0.6 is 0 Å². The summed E-state index contributed by atoms with van der Waals surface area (Å²) < 4.78 is 34.9. The van der Waals surface area contributed by atoms with Crippen LogP contribution in [0.3, 0.4) is 0 Å². The number of carboxylic acid groups (broad SMARTS) is 1. The van der Waals surface area contributed by atoms with Crippen LogP contribution in [0.25, 0.3) is 10.8 Å². The van der Waals surface area contributed by atoms with E-state index in [0.717, 1.165) is 16.3 Å². The second-order valence-electron chi connectivity index (χ2n) is 14.3. The molecule has 10 heteroatoms. The first-order valence-electron chi connectivity index (χ1n) is 16.1. The molecule has 0 saturated heterocycles. The smallest absolute Gasteiger partial charge is 0.306 e. The molecule has 3 rings (SSSR count). The zero-order chi connectivity index (χ0) is 34.4. The van der Waals surface area contributed by atoms with E-state index in [1.807, 2.05) is 42.5 Å². The van der Waals surface area contributed by atoms with E-state index >= 15 is 0 Å². The van der Waals surface area contributed by atoms with Crippen molar-refractivity contribution in [3.8, 4) is 0 Å². The SMILES string of the molecule is CC(C)C[C@H](NC(=O)c1cccc(N(C)S(=O)(=O)CCc2cccc3ccccc23)c1)[C@H](C[C@@H](C)C(=O)O)O[Si](C)(C)C(C)(C)C. The molecule has 8 nitrogen and oxygen atoms in total. The van der Waals surface area contributed by atoms with Crippen molar-refractivity contribution in [2.24, 2.45) is 11.8 Å². The van der Waals surface area contributed by atoms with Gasteiger partial charge in [-0.25, -0.2) is 8.42 Å². The van der Waals surface area contributed by atoms with Gasteiger partial charge in [0.15, 0.2) is 8.32 Å². The zero-order valence-electron chi connectivity index (χ0n) is 28.8. The lowest BCUT2D eigenvalue weighted by Gasteiger charge is -2.42. The van der Waals surface area contributed by atoms with Crippen LogP contribution in [0, 0.1) is 11.8 Å². The van der Waals surface area contributed by atoms with Crippen LogP contribution in [0.1, 0.15) is 70.3 Å². The number of aliphatic carboxylic acids is 1. The summed E-state index contributed by atoms with van der Waals surface area (Å²) in [6, 6.07) is 20.0. The van der Waals surface area contributed by atoms with Gasteiger partial charge >= 0.3 is 5.97 Å². The maximum Gasteiger partial charge on any atom is 0.306 e. The fourth-order valence-electron chi connectivity index (χ4n) is 5.25. The minimum absolute atomic E-state index is 0.0847. The van der Waals surface area contributed by atoms with Gasteiger partial charge in [-0.05, 0) is 77.8 Å². The largest absolute Gasteiger partial charge is 0.481 e. The van der Waals surface area contributed by atoms with Crippen molar-refractivity contribution in [1.82, 2.24) is 5.32 Å². The minimum atomic E-state index is -3.70. The topological polar surface area (TPSA) is 113 Å². The van der Waals surface area contributed by atoms with E-state index in [2.05, 4.69) is 53.0 Å². The number of fused-ring (bicyclic) bond motifs is 1. The van der Waals surface area contributed by atoms with Crippen LogP contribution in [0.4, 0.5) is 5.69 Å². The van der Waals surface area contributed by atoms with Crippen LogP contribution < -0.4 is 9.62 Å². The lowest BCUT2D eigenvalue weighted by atomic mass is 9.92. The summed E-state index contributed by atoms with van der Waals surface area (Å²) in [5.41, 5.74) is 1.67. The van der Waals surface area contributed by atoms with Gasteiger partial charge in [-0.3, -0.25) is 13.9 Å². The van der Waals surface area contributed by atoms with E-state index in [9.17, 15) is 23.1 Å². The van der Waals surface area contributed by atoms with Gasteiger partial charge in [0.2, 0.25) is 10.0 Å². The Kier molecular flexibility index (Phi) is 12.2. The second kappa shape index (κ2) is 15.1. The summed E-state index contributed by atoms with van der Waals surface area (Å²) in [4.78, 5) is 25.6. The molecule has 0 heterocycles. The van der Waals surface area contributed by atoms with E-state index in [-0.39, 0.29) is 29.0 Å². The predicted molar refractivity (Wildman–Crippen MR) is 190 cm³/mol. The Morgan fingerprint density at radius 1 is 0.957 bits per heavy atom. The van der Waals surface area contributed by atoms with Crippen molar-refractivity contribution in [3.05, 3.63) is 77.9 Å². The number of rotatable bonds is 15. The summed E-state index contributed by atoms with van der Waals surface area (Å²) in [5.74, 6) is -1.80. The molecule has 3 aromatic rings. The molecule has 0 fully saturated rings. The second-order valence-corrected chi connectivity index (χ2v) is 21.2. The Labute approximate surface area is 276 Å². The molecule has 0 aromatic heterocycles. The zero-order valence-corrected chi connectivity index (χ0v) is 30.6. The van der Waals surface area contributed by atoms with Crippen molar-refractivity contribution in [2.75, 3.05) is 17.1 Å². The van der Waals surface area contributed by atoms with Gasteiger partial charge in [-0.15, -0.1) is 0 Å². The van der Waals surface area contributed by atoms with Gasteiger partial charge in [0.05, 0.1) is 29.5 Å². The van der Waals surface area contributed by atoms with E-state index in [1.54, 1.807) is 31.2 Å². The van der Waals surface area contributed by atoms with E-state index in [0.29, 0.717) is 24.1 Å². The Hall–Kier alpha value is -3.21. The van der Waals surface area contributed by atoms with Crippen LogP contribution in [0.2, 0.25) is 18.1 Å². The number of amides is 1. The number of sulfonamides is 1. The first kappa shape index (κ1) is 37.2. The number of hydrogen-bond acceptors (Lipinski definition) is 5. The van der Waals surface area contributed by atoms with Crippen molar-refractivity contribution < 1.29 is 27.5 Å². The molecule has 0 saturated carbocycles. The number of carbonyl (C=O) groups is 2. The summed E-state index contributed by atoms with van der Waals surface area (Å²) in [6.07, 6.45) is 0.713. The highest BCUT2D eigenvalue weighted by Crippen LogP contribution is 2.39. The van der Waals surface area contributed by atoms with Gasteiger partial charge < -0.3 is 14.8 Å². The molecule has 252 valence electrons. The van der Waals surface area contributed by atoms with Gasteiger partial charge in [-0.1, -0.05) is 90.1 Å². The van der Waals surface area contributed by atoms with E-state index in [4.69, 9.17) is 4.43 Å². The number of carbonyl (C=O) groups excluding carboxylic acids is 1. The van der Waals surface area contributed by atoms with Gasteiger partial charge in [0.1, 0.15) is 0 Å². The van der Waals surface area contributed by atoms with Crippen LogP contribution in [-0.4, -0.2) is 58.7 Å². The van der Waals surface area contributed by atoms with E-state index < -0.39 is 42.4 Å². The molecule has 46 heavy (non-hydrogen) atoms. The predicted octanol–water partition coefficient (Wildman–Crippen LogP) is 7.49. The van der Waals surface area contributed by atoms with Gasteiger partial charge in [0, 0.05) is 12.6 Å². The molecule has 3 aromatic carbocycles. The Morgan fingerprint density at radius 2 is 1.59 bits per heavy atom. The molecule has 1 amide bonds. The van der Waals surface area contributed by atoms with Crippen LogP contribution in [0.15, 0.2) is 66.7 Å². The third kappa shape index (κ3) is 9.65. The third-order valence-corrected chi connectivity index (χ3v) is 15.4. The number of nitrogens with one attached hydrogen (secondary N) is 1. The Bertz CT molecular complexity index is 1610. The van der Waals surface area contributed by atoms with Crippen molar-refractivity contribution in [1.29, 1.82) is 0 Å². The summed E-state index contributed by atoms with van der Waals surface area (Å²) in [7, 11) is -4.52. The summed E-state index contributed by atoms with van der Waals surface area (Å²) in [6.45, 7) is 16.4. The van der Waals surface area contributed by atoms with E-state index in [1.165, 1.54) is 11.4 Å². The average Bonchev–Trinajstić information content (AvgIpc) is 2.98. The molecular formula is C36H52N2O6SSi. The van der Waals surface area contributed by atoms with Crippen molar-refractivity contribution in [2.45, 2.75) is 91.1 Å². The van der Waals surface area contributed by atoms with Crippen molar-refractivity contribution >= 4 is 46.7 Å². The highest BCUT2D eigenvalue weighted by atomic mass is 32.2.